The van der Waals surface area contributed by atoms with Crippen molar-refractivity contribution in [1.29, 1.82) is 0 Å². The van der Waals surface area contributed by atoms with E-state index in [1.165, 1.54) is 0 Å². The molecule has 70 valence electrons. The minimum atomic E-state index is 0.443. The molecule has 4 nitrogen and oxygen atoms in total. The molecule has 4 heteroatoms. The van der Waals surface area contributed by atoms with Gasteiger partial charge in [0.25, 0.3) is 0 Å². The normalized spacial score (nSPS) is 21.8. The molecule has 0 spiro atoms. The molecule has 1 aliphatic rings. The third kappa shape index (κ3) is 1.78. The first-order valence-electron chi connectivity index (χ1n) is 4.49. The Morgan fingerprint density at radius 3 is 2.92 bits per heavy atom. The number of rotatable bonds is 2. The molecule has 0 aliphatic carbocycles. The quantitative estimate of drug-likeness (QED) is 0.736. The second-order valence-corrected chi connectivity index (χ2v) is 3.15. The number of nitrogens with zero attached hydrogens (tertiary/aromatic N) is 2. The minimum absolute atomic E-state index is 0.443. The molecule has 1 fully saturated rings. The number of anilines is 1. The number of hydrogen-bond donors (Lipinski definition) is 1. The van der Waals surface area contributed by atoms with Gasteiger partial charge < -0.3 is 10.1 Å². The van der Waals surface area contributed by atoms with Crippen molar-refractivity contribution in [1.82, 2.24) is 10.2 Å². The van der Waals surface area contributed by atoms with Crippen molar-refractivity contribution in [2.75, 3.05) is 25.6 Å². The zero-order valence-electron chi connectivity index (χ0n) is 7.66. The van der Waals surface area contributed by atoms with Gasteiger partial charge in [-0.3, -0.25) is 0 Å². The summed E-state index contributed by atoms with van der Waals surface area (Å²) in [6.07, 6.45) is 1.06. The van der Waals surface area contributed by atoms with E-state index in [2.05, 4.69) is 15.5 Å². The molecule has 0 bridgehead atoms. The lowest BCUT2D eigenvalue weighted by molar-refractivity contribution is 0.193. The van der Waals surface area contributed by atoms with Crippen molar-refractivity contribution in [2.24, 2.45) is 0 Å². The molecule has 0 saturated carbocycles. The Balaban J connectivity index is 2.12. The van der Waals surface area contributed by atoms with Gasteiger partial charge in [-0.05, 0) is 18.6 Å². The largest absolute Gasteiger partial charge is 0.381 e. The highest BCUT2D eigenvalue weighted by Crippen LogP contribution is 2.22. The number of hydrogen-bond acceptors (Lipinski definition) is 4. The Labute approximate surface area is 77.3 Å². The number of ether oxygens (including phenoxy) is 1. The van der Waals surface area contributed by atoms with Gasteiger partial charge in [0.1, 0.15) is 5.82 Å². The maximum atomic E-state index is 5.28. The molecule has 1 aliphatic heterocycles. The van der Waals surface area contributed by atoms with Crippen molar-refractivity contribution < 1.29 is 4.74 Å². The maximum absolute atomic E-state index is 5.28. The molecule has 1 unspecified atom stereocenters. The fourth-order valence-corrected chi connectivity index (χ4v) is 1.46. The number of nitrogens with one attached hydrogen (secondary N) is 1. The van der Waals surface area contributed by atoms with Crippen LogP contribution in [-0.4, -0.2) is 30.5 Å². The van der Waals surface area contributed by atoms with Gasteiger partial charge in [-0.25, -0.2) is 0 Å². The Kier molecular flexibility index (Phi) is 2.40. The molecule has 1 aromatic rings. The molecule has 2 heterocycles. The van der Waals surface area contributed by atoms with Crippen LogP contribution in [-0.2, 0) is 4.74 Å². The first-order chi connectivity index (χ1) is 6.40. The van der Waals surface area contributed by atoms with E-state index in [1.54, 1.807) is 0 Å². The summed E-state index contributed by atoms with van der Waals surface area (Å²) in [5.74, 6) is 1.25. The molecule has 0 aromatic carbocycles. The van der Waals surface area contributed by atoms with Crippen LogP contribution in [0.4, 0.5) is 5.82 Å². The fraction of sp³-hybridized carbons (Fsp3) is 0.556. The predicted molar refractivity (Wildman–Crippen MR) is 49.8 cm³/mol. The Morgan fingerprint density at radius 2 is 2.38 bits per heavy atom. The van der Waals surface area contributed by atoms with Crippen LogP contribution in [0.3, 0.4) is 0 Å². The lowest BCUT2D eigenvalue weighted by atomic mass is 10.1. The first-order valence-corrected chi connectivity index (χ1v) is 4.49. The maximum Gasteiger partial charge on any atom is 0.148 e. The molecule has 0 radical (unpaired) electrons. The van der Waals surface area contributed by atoms with Crippen LogP contribution in [0, 0.1) is 0 Å². The average Bonchev–Trinajstić information content (AvgIpc) is 2.71. The highest BCUT2D eigenvalue weighted by molar-refractivity contribution is 5.32. The molecular weight excluding hydrogens is 166 g/mol. The molecule has 1 N–H and O–H groups in total. The zero-order chi connectivity index (χ0) is 9.10. The molecular formula is C9H13N3O. The lowest BCUT2D eigenvalue weighted by Crippen LogP contribution is -2.03. The topological polar surface area (TPSA) is 47.0 Å². The van der Waals surface area contributed by atoms with Gasteiger partial charge in [-0.2, -0.15) is 5.10 Å². The molecule has 1 atom stereocenters. The van der Waals surface area contributed by atoms with Crippen LogP contribution in [0.2, 0.25) is 0 Å². The standard InChI is InChI=1S/C9H13N3O/c1-10-9-3-2-8(11-12-9)7-4-5-13-6-7/h2-3,7H,4-6H2,1H3,(H,10,12). The van der Waals surface area contributed by atoms with Gasteiger partial charge in [0.2, 0.25) is 0 Å². The summed E-state index contributed by atoms with van der Waals surface area (Å²) >= 11 is 0. The second-order valence-electron chi connectivity index (χ2n) is 3.15. The second kappa shape index (κ2) is 3.70. The SMILES string of the molecule is CNc1ccc(C2CCOC2)nn1. The van der Waals surface area contributed by atoms with Crippen molar-refractivity contribution in [3.63, 3.8) is 0 Å². The molecule has 13 heavy (non-hydrogen) atoms. The van der Waals surface area contributed by atoms with E-state index in [0.717, 1.165) is 31.1 Å². The molecule has 2 rings (SSSR count). The fourth-order valence-electron chi connectivity index (χ4n) is 1.46. The van der Waals surface area contributed by atoms with Gasteiger partial charge >= 0.3 is 0 Å². The van der Waals surface area contributed by atoms with E-state index in [0.29, 0.717) is 5.92 Å². The van der Waals surface area contributed by atoms with E-state index < -0.39 is 0 Å². The van der Waals surface area contributed by atoms with E-state index in [-0.39, 0.29) is 0 Å². The highest BCUT2D eigenvalue weighted by atomic mass is 16.5. The summed E-state index contributed by atoms with van der Waals surface area (Å²) in [5, 5.41) is 11.1. The third-order valence-corrected chi connectivity index (χ3v) is 2.29. The van der Waals surface area contributed by atoms with E-state index >= 15 is 0 Å². The lowest BCUT2D eigenvalue weighted by Gasteiger charge is -2.05. The van der Waals surface area contributed by atoms with Crippen molar-refractivity contribution in [2.45, 2.75) is 12.3 Å². The van der Waals surface area contributed by atoms with Crippen molar-refractivity contribution in [3.8, 4) is 0 Å². The smallest absolute Gasteiger partial charge is 0.148 e. The van der Waals surface area contributed by atoms with Gasteiger partial charge in [0.15, 0.2) is 0 Å². The van der Waals surface area contributed by atoms with Gasteiger partial charge in [-0.1, -0.05) is 0 Å². The van der Waals surface area contributed by atoms with Crippen LogP contribution < -0.4 is 5.32 Å². The van der Waals surface area contributed by atoms with Crippen LogP contribution in [0.5, 0.6) is 0 Å². The van der Waals surface area contributed by atoms with Gasteiger partial charge in [0, 0.05) is 19.6 Å². The predicted octanol–water partition coefficient (Wildman–Crippen LogP) is 1.02. The zero-order valence-corrected chi connectivity index (χ0v) is 7.66. The summed E-state index contributed by atoms with van der Waals surface area (Å²) in [6, 6.07) is 3.96. The Morgan fingerprint density at radius 1 is 1.46 bits per heavy atom. The van der Waals surface area contributed by atoms with E-state index in [9.17, 15) is 0 Å². The summed E-state index contributed by atoms with van der Waals surface area (Å²) < 4.78 is 5.28. The number of aromatic nitrogens is 2. The minimum Gasteiger partial charge on any atom is -0.381 e. The first kappa shape index (κ1) is 8.44. The van der Waals surface area contributed by atoms with Crippen LogP contribution >= 0.6 is 0 Å². The summed E-state index contributed by atoms with van der Waals surface area (Å²) in [7, 11) is 1.84. The summed E-state index contributed by atoms with van der Waals surface area (Å²) in [6.45, 7) is 1.63. The van der Waals surface area contributed by atoms with Crippen LogP contribution in [0.1, 0.15) is 18.0 Å². The van der Waals surface area contributed by atoms with E-state index in [4.69, 9.17) is 4.74 Å². The van der Waals surface area contributed by atoms with E-state index in [1.807, 2.05) is 19.2 Å². The molecule has 1 saturated heterocycles. The third-order valence-electron chi connectivity index (χ3n) is 2.29. The Hall–Kier alpha value is -1.16. The Bertz CT molecular complexity index is 267. The van der Waals surface area contributed by atoms with Gasteiger partial charge in [-0.15, -0.1) is 5.10 Å². The van der Waals surface area contributed by atoms with Gasteiger partial charge in [0.05, 0.1) is 12.3 Å². The summed E-state index contributed by atoms with van der Waals surface area (Å²) in [4.78, 5) is 0. The van der Waals surface area contributed by atoms with Crippen molar-refractivity contribution in [3.05, 3.63) is 17.8 Å². The van der Waals surface area contributed by atoms with Crippen LogP contribution in [0.15, 0.2) is 12.1 Å². The molecule has 0 amide bonds. The molecule has 1 aromatic heterocycles. The highest BCUT2D eigenvalue weighted by Gasteiger charge is 2.18. The average molecular weight is 179 g/mol. The monoisotopic (exact) mass is 179 g/mol. The summed E-state index contributed by atoms with van der Waals surface area (Å²) in [5.41, 5.74) is 1.04. The van der Waals surface area contributed by atoms with Crippen molar-refractivity contribution >= 4 is 5.82 Å². The van der Waals surface area contributed by atoms with Crippen LogP contribution in [0.25, 0.3) is 0 Å².